The molecule has 164 valence electrons. The molecule has 0 aliphatic heterocycles. The second kappa shape index (κ2) is 18.8. The Morgan fingerprint density at radius 3 is 1.75 bits per heavy atom. The van der Waals surface area contributed by atoms with E-state index in [0.29, 0.717) is 19.4 Å². The molecule has 0 fully saturated rings. The molecule has 0 bridgehead atoms. The van der Waals surface area contributed by atoms with Gasteiger partial charge in [-0.1, -0.05) is 83.8 Å². The fourth-order valence-corrected chi connectivity index (χ4v) is 3.36. The largest absolute Gasteiger partial charge is 0.480 e. The zero-order chi connectivity index (χ0) is 21.0. The highest BCUT2D eigenvalue weighted by molar-refractivity contribution is 5.79. The van der Waals surface area contributed by atoms with Gasteiger partial charge in [-0.15, -0.1) is 0 Å². The minimum atomic E-state index is -1.13. The molecule has 1 unspecified atom stereocenters. The molecule has 0 rings (SSSR count). The number of hydrogen-bond donors (Lipinski definition) is 2. The van der Waals surface area contributed by atoms with Crippen LogP contribution in [0.3, 0.4) is 0 Å². The highest BCUT2D eigenvalue weighted by atomic mass is 16.4. The normalized spacial score (nSPS) is 12.4. The zero-order valence-electron chi connectivity index (χ0n) is 18.2. The molecular weight excluding hydrogens is 354 g/mol. The van der Waals surface area contributed by atoms with Crippen LogP contribution in [0.4, 0.5) is 4.79 Å². The Balaban J connectivity index is 3.81. The molecule has 0 aliphatic rings. The minimum Gasteiger partial charge on any atom is -0.480 e. The monoisotopic (exact) mass is 397 g/mol. The fourth-order valence-electron chi connectivity index (χ4n) is 3.36. The van der Waals surface area contributed by atoms with Crippen LogP contribution in [0, 0.1) is 0 Å². The summed E-state index contributed by atoms with van der Waals surface area (Å²) in [5.41, 5.74) is 0. The Bertz CT molecular complexity index is 423. The Morgan fingerprint density at radius 2 is 1.25 bits per heavy atom. The third kappa shape index (κ3) is 14.5. The summed E-state index contributed by atoms with van der Waals surface area (Å²) in [5.74, 6) is -1.03. The van der Waals surface area contributed by atoms with Crippen molar-refractivity contribution in [3.8, 4) is 0 Å². The molecule has 0 radical (unpaired) electrons. The summed E-state index contributed by atoms with van der Waals surface area (Å²) in [4.78, 5) is 23.9. The van der Waals surface area contributed by atoms with E-state index in [0.717, 1.165) is 43.4 Å². The van der Waals surface area contributed by atoms with Gasteiger partial charge in [-0.25, -0.2) is 9.59 Å². The van der Waals surface area contributed by atoms with Gasteiger partial charge in [0.2, 0.25) is 0 Å². The van der Waals surface area contributed by atoms with E-state index in [9.17, 15) is 19.8 Å². The molecule has 5 nitrogen and oxygen atoms in total. The van der Waals surface area contributed by atoms with Crippen LogP contribution in [0.25, 0.3) is 0 Å². The van der Waals surface area contributed by atoms with Gasteiger partial charge in [-0.3, -0.25) is 4.90 Å². The molecule has 0 aromatic carbocycles. The summed E-state index contributed by atoms with van der Waals surface area (Å²) in [6.45, 7) is 4.51. The number of carbonyl (C=O) groups is 2. The second-order valence-corrected chi connectivity index (χ2v) is 7.70. The first-order valence-corrected chi connectivity index (χ1v) is 11.4. The maximum absolute atomic E-state index is 11.5. The van der Waals surface area contributed by atoms with Crippen molar-refractivity contribution in [3.63, 3.8) is 0 Å². The molecule has 0 aliphatic carbocycles. The lowest BCUT2D eigenvalue weighted by Gasteiger charge is -2.26. The molecular formula is C23H43NO4. The number of aliphatic carboxylic acids is 1. The molecule has 0 aromatic heterocycles. The van der Waals surface area contributed by atoms with E-state index in [-0.39, 0.29) is 0 Å². The zero-order valence-corrected chi connectivity index (χ0v) is 18.2. The van der Waals surface area contributed by atoms with Gasteiger partial charge in [-0.2, -0.15) is 0 Å². The highest BCUT2D eigenvalue weighted by Gasteiger charge is 2.28. The third-order valence-electron chi connectivity index (χ3n) is 5.15. The van der Waals surface area contributed by atoms with Crippen LogP contribution in [0.15, 0.2) is 12.2 Å². The van der Waals surface area contributed by atoms with Gasteiger partial charge in [-0.05, 0) is 38.5 Å². The van der Waals surface area contributed by atoms with E-state index in [4.69, 9.17) is 0 Å². The maximum atomic E-state index is 11.5. The smallest absolute Gasteiger partial charge is 0.408 e. The molecule has 0 spiro atoms. The first-order chi connectivity index (χ1) is 13.5. The first kappa shape index (κ1) is 26.5. The van der Waals surface area contributed by atoms with E-state index in [1.165, 1.54) is 44.9 Å². The second-order valence-electron chi connectivity index (χ2n) is 7.70. The SMILES string of the molecule is CCCCCCCC/C=C\CCCCCCC(C(=O)O)N(CCCC)C(=O)O. The van der Waals surface area contributed by atoms with Crippen LogP contribution in [0.1, 0.15) is 110 Å². The summed E-state index contributed by atoms with van der Waals surface area (Å²) in [6, 6.07) is -0.915. The van der Waals surface area contributed by atoms with Crippen LogP contribution < -0.4 is 0 Å². The molecule has 2 N–H and O–H groups in total. The average molecular weight is 398 g/mol. The van der Waals surface area contributed by atoms with E-state index < -0.39 is 18.1 Å². The van der Waals surface area contributed by atoms with Gasteiger partial charge in [0, 0.05) is 6.54 Å². The fraction of sp³-hybridized carbons (Fsp3) is 0.826. The van der Waals surface area contributed by atoms with Gasteiger partial charge in [0.05, 0.1) is 0 Å². The molecule has 28 heavy (non-hydrogen) atoms. The van der Waals surface area contributed by atoms with Crippen molar-refractivity contribution >= 4 is 12.1 Å². The summed E-state index contributed by atoms with van der Waals surface area (Å²) >= 11 is 0. The van der Waals surface area contributed by atoms with E-state index in [1.54, 1.807) is 0 Å². The lowest BCUT2D eigenvalue weighted by atomic mass is 10.0. The van der Waals surface area contributed by atoms with Gasteiger partial charge in [0.25, 0.3) is 0 Å². The van der Waals surface area contributed by atoms with Gasteiger partial charge >= 0.3 is 12.1 Å². The van der Waals surface area contributed by atoms with Crippen molar-refractivity contribution < 1.29 is 19.8 Å². The van der Waals surface area contributed by atoms with Gasteiger partial charge in [0.1, 0.15) is 6.04 Å². The van der Waals surface area contributed by atoms with Crippen LogP contribution in [0.5, 0.6) is 0 Å². The summed E-state index contributed by atoms with van der Waals surface area (Å²) in [6.07, 6.45) is 19.5. The average Bonchev–Trinajstić information content (AvgIpc) is 2.66. The van der Waals surface area contributed by atoms with Crippen molar-refractivity contribution in [3.05, 3.63) is 12.2 Å². The quantitative estimate of drug-likeness (QED) is 0.184. The Kier molecular flexibility index (Phi) is 17.8. The van der Waals surface area contributed by atoms with Crippen LogP contribution in [-0.2, 0) is 4.79 Å². The lowest BCUT2D eigenvalue weighted by Crippen LogP contribution is -2.45. The lowest BCUT2D eigenvalue weighted by molar-refractivity contribution is -0.143. The Hall–Kier alpha value is -1.52. The Labute approximate surface area is 172 Å². The number of rotatable bonds is 19. The predicted octanol–water partition coefficient (Wildman–Crippen LogP) is 6.87. The number of unbranched alkanes of at least 4 members (excludes halogenated alkanes) is 11. The van der Waals surface area contributed by atoms with Crippen LogP contribution >= 0.6 is 0 Å². The number of carboxylic acid groups (broad SMARTS) is 2. The number of nitrogens with zero attached hydrogens (tertiary/aromatic N) is 1. The van der Waals surface area contributed by atoms with Crippen LogP contribution in [-0.4, -0.2) is 39.8 Å². The van der Waals surface area contributed by atoms with E-state index in [2.05, 4.69) is 19.1 Å². The van der Waals surface area contributed by atoms with E-state index in [1.807, 2.05) is 6.92 Å². The van der Waals surface area contributed by atoms with Gasteiger partial charge in [0.15, 0.2) is 0 Å². The van der Waals surface area contributed by atoms with Crippen molar-refractivity contribution in [2.45, 2.75) is 116 Å². The topological polar surface area (TPSA) is 77.8 Å². The number of allylic oxidation sites excluding steroid dienone is 2. The minimum absolute atomic E-state index is 0.298. The number of carboxylic acids is 1. The predicted molar refractivity (Wildman–Crippen MR) is 116 cm³/mol. The van der Waals surface area contributed by atoms with Crippen molar-refractivity contribution in [1.82, 2.24) is 4.90 Å². The highest BCUT2D eigenvalue weighted by Crippen LogP contribution is 2.14. The van der Waals surface area contributed by atoms with Gasteiger partial charge < -0.3 is 10.2 Å². The van der Waals surface area contributed by atoms with Crippen molar-refractivity contribution in [1.29, 1.82) is 0 Å². The van der Waals surface area contributed by atoms with Crippen LogP contribution in [0.2, 0.25) is 0 Å². The first-order valence-electron chi connectivity index (χ1n) is 11.4. The molecule has 0 saturated carbocycles. The molecule has 0 saturated heterocycles. The molecule has 1 atom stereocenters. The Morgan fingerprint density at radius 1 is 0.750 bits per heavy atom. The molecule has 0 heterocycles. The summed E-state index contributed by atoms with van der Waals surface area (Å²) in [5, 5.41) is 18.7. The van der Waals surface area contributed by atoms with Crippen molar-refractivity contribution in [2.75, 3.05) is 6.54 Å². The maximum Gasteiger partial charge on any atom is 0.408 e. The standard InChI is InChI=1S/C23H43NO4/c1-3-5-7-8-9-10-11-12-13-14-15-16-17-18-19-21(22(25)26)24(23(27)28)20-6-4-2/h12-13,21H,3-11,14-20H2,1-2H3,(H,25,26)(H,27,28)/b13-12-. The number of amides is 1. The summed E-state index contributed by atoms with van der Waals surface area (Å²) in [7, 11) is 0. The number of hydrogen-bond acceptors (Lipinski definition) is 2. The molecule has 5 heteroatoms. The van der Waals surface area contributed by atoms with E-state index >= 15 is 0 Å². The third-order valence-corrected chi connectivity index (χ3v) is 5.15. The molecule has 0 aromatic rings. The van der Waals surface area contributed by atoms with Crippen molar-refractivity contribution in [2.24, 2.45) is 0 Å². The molecule has 1 amide bonds. The summed E-state index contributed by atoms with van der Waals surface area (Å²) < 4.78 is 0.